The van der Waals surface area contributed by atoms with Crippen LogP contribution in [0.5, 0.6) is 0 Å². The van der Waals surface area contributed by atoms with Crippen LogP contribution in [0.25, 0.3) is 9.31 Å². The van der Waals surface area contributed by atoms with E-state index in [-0.39, 0.29) is 0 Å². The molecule has 2 heterocycles. The fourth-order valence-corrected chi connectivity index (χ4v) is 4.30. The van der Waals surface area contributed by atoms with E-state index in [1.165, 1.54) is 20.0 Å². The van der Waals surface area contributed by atoms with Crippen LogP contribution in [0.2, 0.25) is 0 Å². The minimum atomic E-state index is 0.533. The number of thiazole rings is 1. The molecule has 0 aliphatic rings. The van der Waals surface area contributed by atoms with E-state index in [0.717, 1.165) is 0 Å². The van der Waals surface area contributed by atoms with Crippen molar-refractivity contribution >= 4 is 25.8 Å². The first kappa shape index (κ1) is 10.2. The molecule has 0 unspecified atom stereocenters. The molecule has 0 amide bonds. The van der Waals surface area contributed by atoms with Gasteiger partial charge in [-0.15, -0.1) is 0 Å². The first-order valence-corrected chi connectivity index (χ1v) is 7.36. The summed E-state index contributed by atoms with van der Waals surface area (Å²) in [6.07, 6.45) is 0. The molecule has 0 aliphatic heterocycles. The number of aryl methyl sites for hydroxylation is 1. The number of hydrogen-bond acceptors (Lipinski definition) is 2. The molecular formula is C11H13NSSe. The Bertz CT molecular complexity index is 414. The number of rotatable bonds is 2. The van der Waals surface area contributed by atoms with Gasteiger partial charge in [0.15, 0.2) is 0 Å². The van der Waals surface area contributed by atoms with Crippen molar-refractivity contribution in [1.29, 1.82) is 0 Å². The van der Waals surface area contributed by atoms with Crippen LogP contribution in [0.3, 0.4) is 0 Å². The average molecular weight is 270 g/mol. The molecule has 0 bridgehead atoms. The van der Waals surface area contributed by atoms with Gasteiger partial charge in [-0.05, 0) is 0 Å². The molecule has 0 aliphatic carbocycles. The summed E-state index contributed by atoms with van der Waals surface area (Å²) >= 11 is 2.39. The maximum absolute atomic E-state index is 4.61. The van der Waals surface area contributed by atoms with Crippen molar-refractivity contribution in [2.24, 2.45) is 0 Å². The van der Waals surface area contributed by atoms with Crippen LogP contribution >= 0.6 is 11.3 Å². The Morgan fingerprint density at radius 1 is 1.43 bits per heavy atom. The SMILES string of the molecule is Cc1nc(C(C)C)sc1-c1ccc[se]1. The van der Waals surface area contributed by atoms with Crippen molar-refractivity contribution in [2.75, 3.05) is 0 Å². The van der Waals surface area contributed by atoms with Crippen LogP contribution in [-0.4, -0.2) is 19.5 Å². The zero-order chi connectivity index (χ0) is 10.1. The third-order valence-electron chi connectivity index (χ3n) is 2.05. The average Bonchev–Trinajstić information content (AvgIpc) is 2.71. The molecule has 2 aromatic heterocycles. The molecule has 14 heavy (non-hydrogen) atoms. The molecule has 1 nitrogen and oxygen atoms in total. The summed E-state index contributed by atoms with van der Waals surface area (Å²) in [6, 6.07) is 4.38. The summed E-state index contributed by atoms with van der Waals surface area (Å²) in [7, 11) is 0. The normalized spacial score (nSPS) is 11.1. The predicted molar refractivity (Wildman–Crippen MR) is 63.3 cm³/mol. The fourth-order valence-electron chi connectivity index (χ4n) is 1.30. The van der Waals surface area contributed by atoms with Gasteiger partial charge in [0.2, 0.25) is 0 Å². The molecule has 0 atom stereocenters. The van der Waals surface area contributed by atoms with Gasteiger partial charge in [0.25, 0.3) is 0 Å². The molecule has 0 saturated heterocycles. The molecular weight excluding hydrogens is 257 g/mol. The molecule has 2 aromatic rings. The topological polar surface area (TPSA) is 12.9 Å². The second kappa shape index (κ2) is 4.01. The van der Waals surface area contributed by atoms with E-state index in [9.17, 15) is 0 Å². The standard InChI is InChI=1S/C11H13NSSe/c1-7(2)11-12-8(3)10(13-11)9-5-4-6-14-9/h4-7H,1-3H3. The third kappa shape index (κ3) is 1.85. The van der Waals surface area contributed by atoms with Gasteiger partial charge in [-0.3, -0.25) is 0 Å². The van der Waals surface area contributed by atoms with Crippen molar-refractivity contribution in [3.63, 3.8) is 0 Å². The summed E-state index contributed by atoms with van der Waals surface area (Å²) in [6.45, 7) is 6.52. The fraction of sp³-hybridized carbons (Fsp3) is 0.364. The molecule has 0 fully saturated rings. The van der Waals surface area contributed by atoms with Gasteiger partial charge in [-0.2, -0.15) is 0 Å². The Morgan fingerprint density at radius 3 is 2.71 bits per heavy atom. The third-order valence-corrected chi connectivity index (χ3v) is 5.70. The number of aromatic nitrogens is 1. The Hall–Kier alpha value is -0.371. The summed E-state index contributed by atoms with van der Waals surface area (Å²) in [4.78, 5) is 8.28. The number of hydrogen-bond donors (Lipinski definition) is 0. The van der Waals surface area contributed by atoms with Gasteiger partial charge in [0.1, 0.15) is 0 Å². The Balaban J connectivity index is 2.45. The first-order chi connectivity index (χ1) is 6.68. The zero-order valence-electron chi connectivity index (χ0n) is 8.57. The van der Waals surface area contributed by atoms with Crippen molar-refractivity contribution in [3.05, 3.63) is 27.8 Å². The monoisotopic (exact) mass is 271 g/mol. The molecule has 0 radical (unpaired) electrons. The van der Waals surface area contributed by atoms with Gasteiger partial charge in [0, 0.05) is 0 Å². The van der Waals surface area contributed by atoms with E-state index in [0.29, 0.717) is 20.4 Å². The van der Waals surface area contributed by atoms with Crippen LogP contribution in [-0.2, 0) is 0 Å². The van der Waals surface area contributed by atoms with Crippen LogP contribution in [0.1, 0.15) is 30.5 Å². The number of nitrogens with zero attached hydrogens (tertiary/aromatic N) is 1. The molecule has 2 rings (SSSR count). The van der Waals surface area contributed by atoms with Crippen molar-refractivity contribution in [1.82, 2.24) is 4.98 Å². The summed E-state index contributed by atoms with van der Waals surface area (Å²) in [5.74, 6) is 0.551. The van der Waals surface area contributed by atoms with E-state index >= 15 is 0 Å². The van der Waals surface area contributed by atoms with Gasteiger partial charge in [-0.25, -0.2) is 0 Å². The maximum atomic E-state index is 4.61. The van der Waals surface area contributed by atoms with Crippen LogP contribution in [0.4, 0.5) is 0 Å². The summed E-state index contributed by atoms with van der Waals surface area (Å²) < 4.78 is 1.49. The predicted octanol–water partition coefficient (Wildman–Crippen LogP) is 3.30. The van der Waals surface area contributed by atoms with E-state index in [2.05, 4.69) is 42.8 Å². The van der Waals surface area contributed by atoms with Gasteiger partial charge >= 0.3 is 94.6 Å². The molecule has 0 spiro atoms. The Morgan fingerprint density at radius 2 is 2.21 bits per heavy atom. The Labute approximate surface area is 94.6 Å². The quantitative estimate of drug-likeness (QED) is 0.763. The first-order valence-electron chi connectivity index (χ1n) is 4.69. The molecule has 0 saturated carbocycles. The minimum absolute atomic E-state index is 0.533. The van der Waals surface area contributed by atoms with E-state index in [1.54, 1.807) is 0 Å². The van der Waals surface area contributed by atoms with Crippen molar-refractivity contribution < 1.29 is 0 Å². The molecule has 3 heteroatoms. The second-order valence-electron chi connectivity index (χ2n) is 3.60. The van der Waals surface area contributed by atoms with E-state index in [1.807, 2.05) is 11.3 Å². The molecule has 74 valence electrons. The second-order valence-corrected chi connectivity index (χ2v) is 6.62. The van der Waals surface area contributed by atoms with Crippen molar-refractivity contribution in [2.45, 2.75) is 26.7 Å². The molecule has 0 aromatic carbocycles. The van der Waals surface area contributed by atoms with E-state index in [4.69, 9.17) is 0 Å². The molecule has 0 N–H and O–H groups in total. The van der Waals surface area contributed by atoms with Crippen LogP contribution in [0, 0.1) is 6.92 Å². The van der Waals surface area contributed by atoms with Crippen molar-refractivity contribution in [3.8, 4) is 9.31 Å². The van der Waals surface area contributed by atoms with Crippen LogP contribution < -0.4 is 0 Å². The van der Waals surface area contributed by atoms with E-state index < -0.39 is 0 Å². The van der Waals surface area contributed by atoms with Crippen LogP contribution in [0.15, 0.2) is 17.1 Å². The summed E-state index contributed by atoms with van der Waals surface area (Å²) in [5.41, 5.74) is 1.20. The zero-order valence-corrected chi connectivity index (χ0v) is 11.1. The Kier molecular flexibility index (Phi) is 2.91. The van der Waals surface area contributed by atoms with Gasteiger partial charge in [0.05, 0.1) is 0 Å². The summed E-state index contributed by atoms with van der Waals surface area (Å²) in [5, 5.41) is 1.26. The van der Waals surface area contributed by atoms with Gasteiger partial charge in [-0.1, -0.05) is 0 Å². The van der Waals surface area contributed by atoms with Gasteiger partial charge < -0.3 is 0 Å².